The summed E-state index contributed by atoms with van der Waals surface area (Å²) >= 11 is 0. The Labute approximate surface area is 137 Å². The van der Waals surface area contributed by atoms with E-state index in [0.29, 0.717) is 11.5 Å². The molecule has 6 nitrogen and oxygen atoms in total. The standard InChI is InChI=1S/C17H23N5O/c1-17(2,3)21-16(23)14-10-19-15(11-18-14)20-12-6-8-13(9-7-12)22(4)5/h6-11H,1-5H3,(H,19,20)(H,21,23). The Bertz CT molecular complexity index is 657. The largest absolute Gasteiger partial charge is 0.378 e. The SMILES string of the molecule is CN(C)c1ccc(Nc2cnc(C(=O)NC(C)(C)C)cn2)cc1. The van der Waals surface area contributed by atoms with Gasteiger partial charge in [-0.2, -0.15) is 0 Å². The number of aromatic nitrogens is 2. The maximum atomic E-state index is 12.0. The number of hydrogen-bond acceptors (Lipinski definition) is 5. The van der Waals surface area contributed by atoms with Crippen LogP contribution in [0.2, 0.25) is 0 Å². The van der Waals surface area contributed by atoms with Crippen molar-refractivity contribution in [2.45, 2.75) is 26.3 Å². The molecule has 1 heterocycles. The molecule has 0 aliphatic carbocycles. The molecule has 23 heavy (non-hydrogen) atoms. The number of amides is 1. The van der Waals surface area contributed by atoms with E-state index in [0.717, 1.165) is 11.4 Å². The molecule has 2 aromatic rings. The summed E-state index contributed by atoms with van der Waals surface area (Å²) in [5.41, 5.74) is 2.03. The first kappa shape index (κ1) is 16.7. The second-order valence-electron chi connectivity index (χ2n) is 6.56. The molecule has 0 unspecified atom stereocenters. The molecule has 0 aliphatic heterocycles. The highest BCUT2D eigenvalue weighted by atomic mass is 16.2. The smallest absolute Gasteiger partial charge is 0.271 e. The summed E-state index contributed by atoms with van der Waals surface area (Å²) < 4.78 is 0. The number of benzene rings is 1. The summed E-state index contributed by atoms with van der Waals surface area (Å²) in [6, 6.07) is 7.97. The van der Waals surface area contributed by atoms with E-state index in [4.69, 9.17) is 0 Å². The van der Waals surface area contributed by atoms with Gasteiger partial charge in [-0.05, 0) is 45.0 Å². The van der Waals surface area contributed by atoms with E-state index in [1.807, 2.05) is 64.0 Å². The lowest BCUT2D eigenvalue weighted by Crippen LogP contribution is -2.40. The van der Waals surface area contributed by atoms with Crippen LogP contribution in [0.1, 0.15) is 31.3 Å². The summed E-state index contributed by atoms with van der Waals surface area (Å²) in [6.07, 6.45) is 3.02. The van der Waals surface area contributed by atoms with Crippen LogP contribution in [0.4, 0.5) is 17.2 Å². The molecule has 0 saturated heterocycles. The van der Waals surface area contributed by atoms with E-state index in [2.05, 4.69) is 20.6 Å². The molecule has 0 saturated carbocycles. The van der Waals surface area contributed by atoms with Crippen molar-refractivity contribution in [2.24, 2.45) is 0 Å². The summed E-state index contributed by atoms with van der Waals surface area (Å²) in [5.74, 6) is 0.363. The van der Waals surface area contributed by atoms with Crippen molar-refractivity contribution in [1.29, 1.82) is 0 Å². The normalized spacial score (nSPS) is 11.0. The van der Waals surface area contributed by atoms with Gasteiger partial charge in [0, 0.05) is 31.0 Å². The Hall–Kier alpha value is -2.63. The second-order valence-corrected chi connectivity index (χ2v) is 6.56. The fourth-order valence-corrected chi connectivity index (χ4v) is 1.91. The van der Waals surface area contributed by atoms with Gasteiger partial charge in [0.05, 0.1) is 12.4 Å². The summed E-state index contributed by atoms with van der Waals surface area (Å²) in [4.78, 5) is 22.4. The van der Waals surface area contributed by atoms with E-state index < -0.39 is 0 Å². The number of hydrogen-bond donors (Lipinski definition) is 2. The highest BCUT2D eigenvalue weighted by molar-refractivity contribution is 5.92. The van der Waals surface area contributed by atoms with Gasteiger partial charge in [-0.15, -0.1) is 0 Å². The molecule has 0 bridgehead atoms. The van der Waals surface area contributed by atoms with Crippen LogP contribution in [0.5, 0.6) is 0 Å². The average Bonchev–Trinajstić information content (AvgIpc) is 2.46. The maximum Gasteiger partial charge on any atom is 0.271 e. The molecule has 2 rings (SSSR count). The monoisotopic (exact) mass is 313 g/mol. The van der Waals surface area contributed by atoms with Crippen LogP contribution in [0.25, 0.3) is 0 Å². The van der Waals surface area contributed by atoms with Gasteiger partial charge in [0.25, 0.3) is 5.91 Å². The van der Waals surface area contributed by atoms with Crippen LogP contribution in [0.3, 0.4) is 0 Å². The van der Waals surface area contributed by atoms with Gasteiger partial charge in [0.15, 0.2) is 0 Å². The molecule has 0 radical (unpaired) electrons. The minimum atomic E-state index is -0.302. The number of rotatable bonds is 4. The Kier molecular flexibility index (Phi) is 4.83. The molecule has 1 amide bonds. The number of nitrogens with zero attached hydrogens (tertiary/aromatic N) is 3. The average molecular weight is 313 g/mol. The highest BCUT2D eigenvalue weighted by Crippen LogP contribution is 2.18. The lowest BCUT2D eigenvalue weighted by molar-refractivity contribution is 0.0914. The third kappa shape index (κ3) is 4.95. The summed E-state index contributed by atoms with van der Waals surface area (Å²) in [5, 5.41) is 6.02. The molecule has 6 heteroatoms. The molecular weight excluding hydrogens is 290 g/mol. The second kappa shape index (κ2) is 6.64. The Morgan fingerprint density at radius 3 is 2.17 bits per heavy atom. The van der Waals surface area contributed by atoms with Gasteiger partial charge in [-0.1, -0.05) is 0 Å². The molecule has 122 valence electrons. The van der Waals surface area contributed by atoms with Crippen molar-refractivity contribution in [1.82, 2.24) is 15.3 Å². The summed E-state index contributed by atoms with van der Waals surface area (Å²) in [6.45, 7) is 5.77. The predicted molar refractivity (Wildman–Crippen MR) is 93.3 cm³/mol. The zero-order valence-electron chi connectivity index (χ0n) is 14.2. The third-order valence-corrected chi connectivity index (χ3v) is 3.03. The van der Waals surface area contributed by atoms with Gasteiger partial charge in [0.2, 0.25) is 0 Å². The van der Waals surface area contributed by atoms with Crippen molar-refractivity contribution in [3.63, 3.8) is 0 Å². The number of carbonyl (C=O) groups excluding carboxylic acids is 1. The van der Waals surface area contributed by atoms with Gasteiger partial charge >= 0.3 is 0 Å². The third-order valence-electron chi connectivity index (χ3n) is 3.03. The van der Waals surface area contributed by atoms with E-state index in [1.165, 1.54) is 6.20 Å². The van der Waals surface area contributed by atoms with Gasteiger partial charge in [-0.25, -0.2) is 9.97 Å². The van der Waals surface area contributed by atoms with Crippen molar-refractivity contribution >= 4 is 23.1 Å². The van der Waals surface area contributed by atoms with Crippen LogP contribution >= 0.6 is 0 Å². The minimum absolute atomic E-state index is 0.230. The quantitative estimate of drug-likeness (QED) is 0.908. The predicted octanol–water partition coefficient (Wildman–Crippen LogP) is 2.81. The molecule has 2 N–H and O–H groups in total. The molecule has 1 aromatic heterocycles. The fourth-order valence-electron chi connectivity index (χ4n) is 1.91. The van der Waals surface area contributed by atoms with Crippen LogP contribution in [0, 0.1) is 0 Å². The first-order chi connectivity index (χ1) is 10.7. The van der Waals surface area contributed by atoms with Crippen molar-refractivity contribution < 1.29 is 4.79 Å². The van der Waals surface area contributed by atoms with Crippen LogP contribution in [0.15, 0.2) is 36.7 Å². The molecular formula is C17H23N5O. The minimum Gasteiger partial charge on any atom is -0.378 e. The van der Waals surface area contributed by atoms with E-state index in [9.17, 15) is 4.79 Å². The van der Waals surface area contributed by atoms with Crippen molar-refractivity contribution in [2.75, 3.05) is 24.3 Å². The zero-order valence-corrected chi connectivity index (χ0v) is 14.2. The lowest BCUT2D eigenvalue weighted by atomic mass is 10.1. The molecule has 0 fully saturated rings. The Balaban J connectivity index is 2.03. The van der Waals surface area contributed by atoms with E-state index in [1.54, 1.807) is 6.20 Å². The first-order valence-corrected chi connectivity index (χ1v) is 7.43. The molecule has 0 spiro atoms. The fraction of sp³-hybridized carbons (Fsp3) is 0.353. The molecule has 0 atom stereocenters. The van der Waals surface area contributed by atoms with Crippen molar-refractivity contribution in [3.05, 3.63) is 42.4 Å². The number of nitrogens with one attached hydrogen (secondary N) is 2. The zero-order chi connectivity index (χ0) is 17.0. The highest BCUT2D eigenvalue weighted by Gasteiger charge is 2.16. The maximum absolute atomic E-state index is 12.0. The lowest BCUT2D eigenvalue weighted by Gasteiger charge is -2.19. The topological polar surface area (TPSA) is 70.2 Å². The van der Waals surface area contributed by atoms with Gasteiger partial charge < -0.3 is 15.5 Å². The van der Waals surface area contributed by atoms with Crippen molar-refractivity contribution in [3.8, 4) is 0 Å². The van der Waals surface area contributed by atoms with Gasteiger partial charge in [-0.3, -0.25) is 4.79 Å². The number of carbonyl (C=O) groups is 1. The van der Waals surface area contributed by atoms with Crippen LogP contribution in [-0.2, 0) is 0 Å². The first-order valence-electron chi connectivity index (χ1n) is 7.43. The van der Waals surface area contributed by atoms with Gasteiger partial charge in [0.1, 0.15) is 11.5 Å². The Morgan fingerprint density at radius 1 is 1.04 bits per heavy atom. The Morgan fingerprint density at radius 2 is 1.70 bits per heavy atom. The summed E-state index contributed by atoms with van der Waals surface area (Å²) in [7, 11) is 3.99. The van der Waals surface area contributed by atoms with E-state index >= 15 is 0 Å². The van der Waals surface area contributed by atoms with Crippen LogP contribution in [-0.4, -0.2) is 35.5 Å². The number of anilines is 3. The molecule has 1 aromatic carbocycles. The van der Waals surface area contributed by atoms with E-state index in [-0.39, 0.29) is 11.4 Å². The molecule has 0 aliphatic rings. The van der Waals surface area contributed by atoms with Crippen LogP contribution < -0.4 is 15.5 Å².